The molecule has 0 bridgehead atoms. The first-order valence-electron chi connectivity index (χ1n) is 6.08. The fourth-order valence-corrected chi connectivity index (χ4v) is 2.44. The average molecular weight is 282 g/mol. The van der Waals surface area contributed by atoms with Crippen molar-refractivity contribution in [1.29, 1.82) is 0 Å². The van der Waals surface area contributed by atoms with E-state index in [0.717, 1.165) is 11.3 Å². The third-order valence-corrected chi connectivity index (χ3v) is 3.46. The van der Waals surface area contributed by atoms with E-state index in [-0.39, 0.29) is 0 Å². The molecule has 1 N–H and O–H groups in total. The Hall–Kier alpha value is -2.18. The van der Waals surface area contributed by atoms with Crippen LogP contribution in [0.4, 0.5) is 0 Å². The summed E-state index contributed by atoms with van der Waals surface area (Å²) < 4.78 is 5.43. The van der Waals surface area contributed by atoms with Crippen LogP contribution in [-0.4, -0.2) is 22.1 Å². The van der Waals surface area contributed by atoms with Gasteiger partial charge in [-0.25, -0.2) is 4.98 Å². The van der Waals surface area contributed by atoms with E-state index in [1.807, 2.05) is 35.7 Å². The number of hydrogen-bond donors (Lipinski definition) is 1. The highest BCUT2D eigenvalue weighted by Crippen LogP contribution is 2.26. The van der Waals surface area contributed by atoms with Crippen molar-refractivity contribution in [2.24, 2.45) is 0 Å². The molecule has 2 heterocycles. The summed E-state index contributed by atoms with van der Waals surface area (Å²) in [6, 6.07) is 13.3. The van der Waals surface area contributed by atoms with Crippen LogP contribution in [0.5, 0.6) is 5.19 Å². The molecule has 2 aromatic heterocycles. The van der Waals surface area contributed by atoms with Gasteiger partial charge in [-0.05, 0) is 6.07 Å². The summed E-state index contributed by atoms with van der Waals surface area (Å²) in [5.74, 6) is 0. The predicted octanol–water partition coefficient (Wildman–Crippen LogP) is 1.97. The predicted molar refractivity (Wildman–Crippen MR) is 80.0 cm³/mol. The van der Waals surface area contributed by atoms with Gasteiger partial charge in [0.2, 0.25) is 0 Å². The molecule has 3 aromatic rings. The molecule has 0 fully saturated rings. The Kier molecular flexibility index (Phi) is 3.76. The van der Waals surface area contributed by atoms with E-state index in [1.54, 1.807) is 24.5 Å². The van der Waals surface area contributed by atoms with Gasteiger partial charge in [0, 0.05) is 28.8 Å². The summed E-state index contributed by atoms with van der Waals surface area (Å²) >= 11 is 1.35. The molecular weight excluding hydrogens is 271 g/mol. The minimum Gasteiger partial charge on any atom is -0.510 e. The number of aromatic nitrogens is 2. The van der Waals surface area contributed by atoms with Crippen LogP contribution in [0, 0.1) is 0 Å². The number of thiazole rings is 1. The lowest BCUT2D eigenvalue weighted by atomic mass is 9.81. The van der Waals surface area contributed by atoms with E-state index < -0.39 is 7.12 Å². The normalized spacial score (nSPS) is 10.2. The van der Waals surface area contributed by atoms with Crippen molar-refractivity contribution in [1.82, 2.24) is 9.97 Å². The summed E-state index contributed by atoms with van der Waals surface area (Å²) in [4.78, 5) is 8.31. The number of hydrogen-bond acceptors (Lipinski definition) is 5. The first kappa shape index (κ1) is 12.8. The van der Waals surface area contributed by atoms with E-state index in [0.29, 0.717) is 10.7 Å². The number of rotatable bonds is 4. The average Bonchev–Trinajstić information content (AvgIpc) is 2.97. The van der Waals surface area contributed by atoms with Gasteiger partial charge in [0.1, 0.15) is 0 Å². The van der Waals surface area contributed by atoms with Crippen molar-refractivity contribution >= 4 is 23.9 Å². The Morgan fingerprint density at radius 1 is 1.10 bits per heavy atom. The zero-order valence-electron chi connectivity index (χ0n) is 10.5. The van der Waals surface area contributed by atoms with Crippen LogP contribution in [0.3, 0.4) is 0 Å². The van der Waals surface area contributed by atoms with Crippen molar-refractivity contribution < 1.29 is 9.68 Å². The Labute approximate surface area is 120 Å². The smallest absolute Gasteiger partial charge is 0.510 e. The second-order valence-corrected chi connectivity index (χ2v) is 4.94. The van der Waals surface area contributed by atoms with Gasteiger partial charge >= 0.3 is 7.12 Å². The van der Waals surface area contributed by atoms with E-state index in [1.165, 1.54) is 11.3 Å². The second kappa shape index (κ2) is 5.86. The van der Waals surface area contributed by atoms with Gasteiger partial charge in [-0.1, -0.05) is 47.7 Å². The Bertz CT molecular complexity index is 676. The molecule has 6 heteroatoms. The Morgan fingerprint density at radius 2 is 1.95 bits per heavy atom. The topological polar surface area (TPSA) is 55.2 Å². The zero-order chi connectivity index (χ0) is 13.8. The molecule has 1 aromatic carbocycles. The zero-order valence-corrected chi connectivity index (χ0v) is 11.3. The summed E-state index contributed by atoms with van der Waals surface area (Å²) in [6.07, 6.45) is 3.21. The molecule has 0 aliphatic carbocycles. The number of pyridine rings is 1. The number of benzene rings is 1. The molecule has 4 nitrogen and oxygen atoms in total. The van der Waals surface area contributed by atoms with Crippen molar-refractivity contribution in [3.8, 4) is 16.5 Å². The molecular formula is C14H11BN2O2S. The monoisotopic (exact) mass is 282 g/mol. The van der Waals surface area contributed by atoms with Crippen molar-refractivity contribution in [2.45, 2.75) is 0 Å². The van der Waals surface area contributed by atoms with Crippen LogP contribution in [0.15, 0.2) is 60.2 Å². The van der Waals surface area contributed by atoms with Crippen molar-refractivity contribution in [3.05, 3.63) is 60.2 Å². The highest BCUT2D eigenvalue weighted by atomic mass is 32.1. The lowest BCUT2D eigenvalue weighted by molar-refractivity contribution is 0.431. The standard InChI is InChI=1S/C14H11BN2O2S/c18-15(12-7-4-8-16-9-12)19-14-17-13(10-20-14)11-5-2-1-3-6-11/h1-10,18H. The van der Waals surface area contributed by atoms with E-state index in [2.05, 4.69) is 9.97 Å². The van der Waals surface area contributed by atoms with Crippen LogP contribution >= 0.6 is 11.3 Å². The molecule has 3 rings (SSSR count). The minimum absolute atomic E-state index is 0.431. The molecule has 0 unspecified atom stereocenters. The van der Waals surface area contributed by atoms with Crippen LogP contribution in [-0.2, 0) is 0 Å². The molecule has 0 atom stereocenters. The summed E-state index contributed by atoms with van der Waals surface area (Å²) in [6.45, 7) is 0. The first-order valence-corrected chi connectivity index (χ1v) is 6.96. The van der Waals surface area contributed by atoms with Crippen LogP contribution in [0.25, 0.3) is 11.3 Å². The molecule has 0 aliphatic heterocycles. The van der Waals surface area contributed by atoms with Gasteiger partial charge in [0.15, 0.2) is 0 Å². The minimum atomic E-state index is -1.06. The van der Waals surface area contributed by atoms with Gasteiger partial charge in [0.25, 0.3) is 5.19 Å². The van der Waals surface area contributed by atoms with Crippen molar-refractivity contribution in [2.75, 3.05) is 0 Å². The highest BCUT2D eigenvalue weighted by molar-refractivity contribution is 7.12. The fraction of sp³-hybridized carbons (Fsp3) is 0. The maximum absolute atomic E-state index is 9.96. The molecule has 98 valence electrons. The SMILES string of the molecule is OB(Oc1nc(-c2ccccc2)cs1)c1cccnc1. The molecule has 0 aliphatic rings. The highest BCUT2D eigenvalue weighted by Gasteiger charge is 2.20. The second-order valence-electron chi connectivity index (χ2n) is 4.12. The van der Waals surface area contributed by atoms with E-state index in [4.69, 9.17) is 4.65 Å². The largest absolute Gasteiger partial charge is 0.563 e. The maximum Gasteiger partial charge on any atom is 0.563 e. The molecule has 0 saturated carbocycles. The lowest BCUT2D eigenvalue weighted by Crippen LogP contribution is -2.36. The van der Waals surface area contributed by atoms with Gasteiger partial charge in [-0.15, -0.1) is 0 Å². The third kappa shape index (κ3) is 2.87. The van der Waals surface area contributed by atoms with Crippen LogP contribution in [0.1, 0.15) is 0 Å². The summed E-state index contributed by atoms with van der Waals surface area (Å²) in [5, 5.41) is 12.3. The molecule has 20 heavy (non-hydrogen) atoms. The van der Waals surface area contributed by atoms with Gasteiger partial charge in [-0.2, -0.15) is 0 Å². The fourth-order valence-electron chi connectivity index (χ4n) is 1.74. The summed E-state index contributed by atoms with van der Waals surface area (Å²) in [7, 11) is -1.06. The Balaban J connectivity index is 1.75. The molecule has 0 radical (unpaired) electrons. The number of nitrogens with zero attached hydrogens (tertiary/aromatic N) is 2. The quantitative estimate of drug-likeness (QED) is 0.743. The molecule has 0 saturated heterocycles. The molecule has 0 amide bonds. The lowest BCUT2D eigenvalue weighted by Gasteiger charge is -2.05. The van der Waals surface area contributed by atoms with E-state index >= 15 is 0 Å². The first-order chi connectivity index (χ1) is 9.83. The van der Waals surface area contributed by atoms with Gasteiger partial charge < -0.3 is 9.68 Å². The van der Waals surface area contributed by atoms with Crippen LogP contribution < -0.4 is 10.1 Å². The van der Waals surface area contributed by atoms with Gasteiger partial charge in [0.05, 0.1) is 5.69 Å². The Morgan fingerprint density at radius 3 is 2.70 bits per heavy atom. The molecule has 0 spiro atoms. The maximum atomic E-state index is 9.96. The third-order valence-electron chi connectivity index (χ3n) is 2.73. The van der Waals surface area contributed by atoms with E-state index in [9.17, 15) is 5.02 Å². The van der Waals surface area contributed by atoms with Crippen molar-refractivity contribution in [3.63, 3.8) is 0 Å². The summed E-state index contributed by atoms with van der Waals surface area (Å²) in [5.41, 5.74) is 2.46. The van der Waals surface area contributed by atoms with Crippen LogP contribution in [0.2, 0.25) is 0 Å². The van der Waals surface area contributed by atoms with Gasteiger partial charge in [-0.3, -0.25) is 4.98 Å².